The molecule has 0 aromatic carbocycles. The van der Waals surface area contributed by atoms with Crippen molar-refractivity contribution < 1.29 is 5.11 Å². The van der Waals surface area contributed by atoms with Crippen LogP contribution in [0, 0.1) is 11.8 Å². The number of rotatable bonds is 2. The molecule has 1 aliphatic carbocycles. The van der Waals surface area contributed by atoms with E-state index >= 15 is 0 Å². The summed E-state index contributed by atoms with van der Waals surface area (Å²) in [5.41, 5.74) is 0.695. The lowest BCUT2D eigenvalue weighted by molar-refractivity contribution is -0.0621. The van der Waals surface area contributed by atoms with Crippen molar-refractivity contribution in [3.05, 3.63) is 16.1 Å². The number of thiazole rings is 1. The van der Waals surface area contributed by atoms with Gasteiger partial charge in [0.15, 0.2) is 0 Å². The summed E-state index contributed by atoms with van der Waals surface area (Å²) in [6.45, 7) is 11.0. The molecule has 3 heteroatoms. The first-order valence-corrected chi connectivity index (χ1v) is 8.27. The standard InChI is InChI=1S/C16H27NOS/c1-11-7-6-8-16(18,12(11)2)9-14-17-13(10-19-14)15(3,4)5/h10-12,18H,6-9H2,1-5H3. The third kappa shape index (κ3) is 3.19. The molecule has 3 unspecified atom stereocenters. The molecule has 0 saturated heterocycles. The summed E-state index contributed by atoms with van der Waals surface area (Å²) >= 11 is 1.70. The fourth-order valence-electron chi connectivity index (χ4n) is 2.99. The summed E-state index contributed by atoms with van der Waals surface area (Å²) in [4.78, 5) is 4.74. The molecule has 0 spiro atoms. The minimum atomic E-state index is -0.551. The highest BCUT2D eigenvalue weighted by molar-refractivity contribution is 7.09. The SMILES string of the molecule is CC1CCCC(O)(Cc2nc(C(C)(C)C)cs2)C1C. The van der Waals surface area contributed by atoms with E-state index < -0.39 is 5.60 Å². The summed E-state index contributed by atoms with van der Waals surface area (Å²) in [6, 6.07) is 0. The Morgan fingerprint density at radius 3 is 2.68 bits per heavy atom. The average Bonchev–Trinajstić information content (AvgIpc) is 2.74. The predicted octanol–water partition coefficient (Wildman–Crippen LogP) is 4.17. The first kappa shape index (κ1) is 15.0. The van der Waals surface area contributed by atoms with Crippen LogP contribution in [0.2, 0.25) is 0 Å². The predicted molar refractivity (Wildman–Crippen MR) is 81.6 cm³/mol. The van der Waals surface area contributed by atoms with Gasteiger partial charge in [0.05, 0.1) is 16.3 Å². The molecule has 3 atom stereocenters. The number of aromatic nitrogens is 1. The van der Waals surface area contributed by atoms with Crippen molar-refractivity contribution in [2.45, 2.75) is 71.3 Å². The van der Waals surface area contributed by atoms with Gasteiger partial charge in [-0.2, -0.15) is 0 Å². The molecule has 19 heavy (non-hydrogen) atoms. The largest absolute Gasteiger partial charge is 0.389 e. The second-order valence-corrected chi connectivity index (χ2v) is 8.26. The van der Waals surface area contributed by atoms with Crippen molar-refractivity contribution in [1.29, 1.82) is 0 Å². The number of hydrogen-bond donors (Lipinski definition) is 1. The van der Waals surface area contributed by atoms with Crippen LogP contribution in [0.5, 0.6) is 0 Å². The van der Waals surface area contributed by atoms with E-state index in [1.807, 2.05) is 0 Å². The highest BCUT2D eigenvalue weighted by Gasteiger charge is 2.40. The molecule has 0 aliphatic heterocycles. The van der Waals surface area contributed by atoms with Crippen molar-refractivity contribution in [2.75, 3.05) is 0 Å². The maximum atomic E-state index is 10.9. The molecule has 1 aliphatic rings. The number of nitrogens with zero attached hydrogens (tertiary/aromatic N) is 1. The fraction of sp³-hybridized carbons (Fsp3) is 0.812. The van der Waals surface area contributed by atoms with Crippen LogP contribution in [0.3, 0.4) is 0 Å². The van der Waals surface area contributed by atoms with Crippen LogP contribution in [0.15, 0.2) is 5.38 Å². The average molecular weight is 281 g/mol. The van der Waals surface area contributed by atoms with Crippen molar-refractivity contribution in [1.82, 2.24) is 4.98 Å². The number of hydrogen-bond acceptors (Lipinski definition) is 3. The van der Waals surface area contributed by atoms with Crippen molar-refractivity contribution in [2.24, 2.45) is 11.8 Å². The van der Waals surface area contributed by atoms with Gasteiger partial charge in [-0.05, 0) is 18.3 Å². The monoisotopic (exact) mass is 281 g/mol. The zero-order chi connectivity index (χ0) is 14.3. The van der Waals surface area contributed by atoms with Crippen LogP contribution in [0.1, 0.15) is 64.6 Å². The molecule has 0 bridgehead atoms. The van der Waals surface area contributed by atoms with Gasteiger partial charge in [-0.1, -0.05) is 47.5 Å². The number of aliphatic hydroxyl groups is 1. The van der Waals surface area contributed by atoms with E-state index in [-0.39, 0.29) is 5.41 Å². The Balaban J connectivity index is 2.14. The maximum Gasteiger partial charge on any atom is 0.0957 e. The van der Waals surface area contributed by atoms with Gasteiger partial charge in [0.2, 0.25) is 0 Å². The van der Waals surface area contributed by atoms with E-state index in [2.05, 4.69) is 40.0 Å². The van der Waals surface area contributed by atoms with E-state index in [9.17, 15) is 5.11 Å². The molecular weight excluding hydrogens is 254 g/mol. The fourth-order valence-corrected chi connectivity index (χ4v) is 4.12. The quantitative estimate of drug-likeness (QED) is 0.882. The van der Waals surface area contributed by atoms with E-state index in [0.717, 1.165) is 30.0 Å². The molecule has 1 N–H and O–H groups in total. The molecule has 108 valence electrons. The molecule has 1 saturated carbocycles. The van der Waals surface area contributed by atoms with Crippen LogP contribution in [-0.2, 0) is 11.8 Å². The molecular formula is C16H27NOS. The molecule has 1 fully saturated rings. The lowest BCUT2D eigenvalue weighted by Gasteiger charge is -2.41. The maximum absolute atomic E-state index is 10.9. The van der Waals surface area contributed by atoms with Gasteiger partial charge in [0.1, 0.15) is 0 Å². The van der Waals surface area contributed by atoms with Crippen LogP contribution < -0.4 is 0 Å². The molecule has 1 aromatic heterocycles. The Hall–Kier alpha value is -0.410. The Morgan fingerprint density at radius 1 is 1.42 bits per heavy atom. The van der Waals surface area contributed by atoms with Crippen LogP contribution >= 0.6 is 11.3 Å². The summed E-state index contributed by atoms with van der Waals surface area (Å²) in [7, 11) is 0. The van der Waals surface area contributed by atoms with Crippen molar-refractivity contribution >= 4 is 11.3 Å². The summed E-state index contributed by atoms with van der Waals surface area (Å²) in [5, 5.41) is 14.2. The van der Waals surface area contributed by atoms with Crippen molar-refractivity contribution in [3.63, 3.8) is 0 Å². The highest BCUT2D eigenvalue weighted by Crippen LogP contribution is 2.40. The molecule has 1 aromatic rings. The van der Waals surface area contributed by atoms with Gasteiger partial charge in [-0.15, -0.1) is 11.3 Å². The lowest BCUT2D eigenvalue weighted by atomic mass is 9.69. The Labute approximate surface area is 121 Å². The van der Waals surface area contributed by atoms with Gasteiger partial charge in [0.25, 0.3) is 0 Å². The third-order valence-corrected chi connectivity index (χ3v) is 5.60. The Morgan fingerprint density at radius 2 is 2.11 bits per heavy atom. The molecule has 0 radical (unpaired) electrons. The van der Waals surface area contributed by atoms with E-state index in [4.69, 9.17) is 4.98 Å². The first-order valence-electron chi connectivity index (χ1n) is 7.39. The van der Waals surface area contributed by atoms with Gasteiger partial charge in [0, 0.05) is 17.2 Å². The molecule has 2 nitrogen and oxygen atoms in total. The Kier molecular flexibility index (Phi) is 4.08. The normalized spacial score (nSPS) is 32.5. The van der Waals surface area contributed by atoms with Gasteiger partial charge < -0.3 is 5.11 Å². The lowest BCUT2D eigenvalue weighted by Crippen LogP contribution is -2.44. The van der Waals surface area contributed by atoms with E-state index in [0.29, 0.717) is 11.8 Å². The van der Waals surface area contributed by atoms with Gasteiger partial charge in [-0.3, -0.25) is 0 Å². The van der Waals surface area contributed by atoms with E-state index in [1.165, 1.54) is 6.42 Å². The molecule has 0 amide bonds. The topological polar surface area (TPSA) is 33.1 Å². The molecule has 2 rings (SSSR count). The second kappa shape index (κ2) is 5.17. The first-order chi connectivity index (χ1) is 8.72. The van der Waals surface area contributed by atoms with Crippen LogP contribution in [-0.4, -0.2) is 15.7 Å². The summed E-state index contributed by atoms with van der Waals surface area (Å²) in [6.07, 6.45) is 4.02. The summed E-state index contributed by atoms with van der Waals surface area (Å²) in [5.74, 6) is 0.976. The second-order valence-electron chi connectivity index (χ2n) is 7.32. The Bertz CT molecular complexity index is 434. The van der Waals surface area contributed by atoms with Crippen LogP contribution in [0.25, 0.3) is 0 Å². The zero-order valence-electron chi connectivity index (χ0n) is 12.9. The van der Waals surface area contributed by atoms with Gasteiger partial charge >= 0.3 is 0 Å². The smallest absolute Gasteiger partial charge is 0.0957 e. The van der Waals surface area contributed by atoms with E-state index in [1.54, 1.807) is 11.3 Å². The van der Waals surface area contributed by atoms with Crippen molar-refractivity contribution in [3.8, 4) is 0 Å². The summed E-state index contributed by atoms with van der Waals surface area (Å²) < 4.78 is 0. The minimum Gasteiger partial charge on any atom is -0.389 e. The minimum absolute atomic E-state index is 0.100. The third-order valence-electron chi connectivity index (χ3n) is 4.75. The van der Waals surface area contributed by atoms with Crippen LogP contribution in [0.4, 0.5) is 0 Å². The highest BCUT2D eigenvalue weighted by atomic mass is 32.1. The molecule has 1 heterocycles. The zero-order valence-corrected chi connectivity index (χ0v) is 13.7. The van der Waals surface area contributed by atoms with Gasteiger partial charge in [-0.25, -0.2) is 4.98 Å².